The molecule has 2 saturated carbocycles. The van der Waals surface area contributed by atoms with E-state index in [4.69, 9.17) is 4.74 Å². The maximum Gasteiger partial charge on any atom is 0.0607 e. The van der Waals surface area contributed by atoms with Crippen LogP contribution in [0.1, 0.15) is 66.2 Å². The average Bonchev–Trinajstić information content (AvgIpc) is 2.92. The molecule has 2 aliphatic rings. The molecule has 6 atom stereocenters. The van der Waals surface area contributed by atoms with Crippen LogP contribution in [0.3, 0.4) is 0 Å². The van der Waals surface area contributed by atoms with Crippen LogP contribution in [0.5, 0.6) is 0 Å². The van der Waals surface area contributed by atoms with E-state index >= 15 is 0 Å². The largest absolute Gasteiger partial charge is 0.393 e. The second-order valence-corrected chi connectivity index (χ2v) is 7.09. The van der Waals surface area contributed by atoms with Gasteiger partial charge < -0.3 is 9.84 Å². The highest BCUT2D eigenvalue weighted by molar-refractivity contribution is 4.95. The van der Waals surface area contributed by atoms with E-state index in [1.807, 2.05) is 0 Å². The van der Waals surface area contributed by atoms with Gasteiger partial charge in [-0.1, -0.05) is 26.7 Å². The first-order chi connectivity index (χ1) is 9.04. The topological polar surface area (TPSA) is 29.5 Å². The number of hydrogen-bond acceptors (Lipinski definition) is 2. The highest BCUT2D eigenvalue weighted by Gasteiger charge is 2.45. The predicted molar refractivity (Wildman–Crippen MR) is 79.0 cm³/mol. The monoisotopic (exact) mass is 268 g/mol. The van der Waals surface area contributed by atoms with Gasteiger partial charge in [-0.25, -0.2) is 0 Å². The van der Waals surface area contributed by atoms with Crippen molar-refractivity contribution in [1.82, 2.24) is 0 Å². The Morgan fingerprint density at radius 1 is 1.16 bits per heavy atom. The Morgan fingerprint density at radius 3 is 2.42 bits per heavy atom. The second kappa shape index (κ2) is 6.58. The van der Waals surface area contributed by atoms with Crippen LogP contribution in [-0.2, 0) is 4.74 Å². The Hall–Kier alpha value is -0.0800. The van der Waals surface area contributed by atoms with Gasteiger partial charge in [-0.15, -0.1) is 0 Å². The van der Waals surface area contributed by atoms with Gasteiger partial charge in [0.1, 0.15) is 0 Å². The molecule has 2 heteroatoms. The van der Waals surface area contributed by atoms with E-state index in [-0.39, 0.29) is 6.10 Å². The molecular weight excluding hydrogens is 236 g/mol. The van der Waals surface area contributed by atoms with E-state index in [2.05, 4.69) is 27.7 Å². The van der Waals surface area contributed by atoms with Crippen LogP contribution in [0.15, 0.2) is 0 Å². The minimum absolute atomic E-state index is 0.0513. The van der Waals surface area contributed by atoms with Gasteiger partial charge in [0.05, 0.1) is 18.3 Å². The molecule has 2 fully saturated rings. The van der Waals surface area contributed by atoms with Crippen LogP contribution in [0, 0.1) is 23.7 Å². The summed E-state index contributed by atoms with van der Waals surface area (Å²) in [4.78, 5) is 0. The van der Waals surface area contributed by atoms with Crippen LogP contribution in [0.2, 0.25) is 0 Å². The third-order valence-electron chi connectivity index (χ3n) is 5.46. The van der Waals surface area contributed by atoms with E-state index in [1.54, 1.807) is 0 Å². The number of hydrogen-bond donors (Lipinski definition) is 1. The molecule has 0 amide bonds. The fourth-order valence-corrected chi connectivity index (χ4v) is 4.70. The van der Waals surface area contributed by atoms with Crippen molar-refractivity contribution >= 4 is 0 Å². The van der Waals surface area contributed by atoms with Crippen molar-refractivity contribution < 1.29 is 9.84 Å². The molecule has 2 rings (SSSR count). The van der Waals surface area contributed by atoms with E-state index in [0.29, 0.717) is 30.0 Å². The lowest BCUT2D eigenvalue weighted by atomic mass is 9.75. The Labute approximate surface area is 118 Å². The molecule has 0 aromatic rings. The molecule has 2 nitrogen and oxygen atoms in total. The second-order valence-electron chi connectivity index (χ2n) is 7.09. The lowest BCUT2D eigenvalue weighted by Gasteiger charge is -2.36. The zero-order chi connectivity index (χ0) is 14.0. The fraction of sp³-hybridized carbons (Fsp3) is 1.00. The highest BCUT2D eigenvalue weighted by Crippen LogP contribution is 2.49. The van der Waals surface area contributed by atoms with Crippen LogP contribution in [-0.4, -0.2) is 23.4 Å². The predicted octanol–water partition coefficient (Wildman–Crippen LogP) is 4.01. The van der Waals surface area contributed by atoms with Crippen molar-refractivity contribution in [2.45, 2.75) is 84.5 Å². The molecule has 2 aliphatic carbocycles. The van der Waals surface area contributed by atoms with Gasteiger partial charge in [0.2, 0.25) is 0 Å². The molecule has 0 aromatic carbocycles. The standard InChI is InChI=1S/C17H32O2/c1-5-16(19-11(2)3)14-10-9-12(4)17(14)13-7-6-8-15(13)18/h11-18H,5-10H2,1-4H3. The number of aliphatic hydroxyl groups is 1. The quantitative estimate of drug-likeness (QED) is 0.816. The summed E-state index contributed by atoms with van der Waals surface area (Å²) in [6.07, 6.45) is 7.82. The molecule has 0 bridgehead atoms. The molecule has 0 aromatic heterocycles. The van der Waals surface area contributed by atoms with E-state index < -0.39 is 0 Å². The molecular formula is C17H32O2. The average molecular weight is 268 g/mol. The zero-order valence-electron chi connectivity index (χ0n) is 13.1. The Kier molecular flexibility index (Phi) is 5.30. The van der Waals surface area contributed by atoms with Gasteiger partial charge in [-0.2, -0.15) is 0 Å². The minimum Gasteiger partial charge on any atom is -0.393 e. The lowest BCUT2D eigenvalue weighted by molar-refractivity contribution is -0.0554. The minimum atomic E-state index is -0.0513. The lowest BCUT2D eigenvalue weighted by Crippen LogP contribution is -2.36. The van der Waals surface area contributed by atoms with Crippen molar-refractivity contribution in [3.63, 3.8) is 0 Å². The summed E-state index contributed by atoms with van der Waals surface area (Å²) < 4.78 is 6.18. The third kappa shape index (κ3) is 3.33. The summed E-state index contributed by atoms with van der Waals surface area (Å²) >= 11 is 0. The number of rotatable bonds is 5. The van der Waals surface area contributed by atoms with Crippen LogP contribution in [0.25, 0.3) is 0 Å². The molecule has 0 spiro atoms. The molecule has 112 valence electrons. The van der Waals surface area contributed by atoms with Gasteiger partial charge in [-0.3, -0.25) is 0 Å². The summed E-state index contributed by atoms with van der Waals surface area (Å²) in [5.74, 6) is 2.64. The van der Waals surface area contributed by atoms with Gasteiger partial charge in [0.25, 0.3) is 0 Å². The summed E-state index contributed by atoms with van der Waals surface area (Å²) in [5.41, 5.74) is 0. The van der Waals surface area contributed by atoms with Gasteiger partial charge in [0, 0.05) is 0 Å². The molecule has 6 unspecified atom stereocenters. The van der Waals surface area contributed by atoms with Gasteiger partial charge in [0.15, 0.2) is 0 Å². The Bertz CT molecular complexity index is 276. The molecule has 0 heterocycles. The first kappa shape index (κ1) is 15.3. The van der Waals surface area contributed by atoms with Crippen molar-refractivity contribution in [2.75, 3.05) is 0 Å². The molecule has 0 aliphatic heterocycles. The summed E-state index contributed by atoms with van der Waals surface area (Å²) in [5, 5.41) is 10.3. The summed E-state index contributed by atoms with van der Waals surface area (Å²) in [6.45, 7) is 8.91. The Morgan fingerprint density at radius 2 is 1.89 bits per heavy atom. The normalized spacial score (nSPS) is 41.1. The molecule has 0 radical (unpaired) electrons. The SMILES string of the molecule is CCC(OC(C)C)C1CCC(C)C1C1CCCC1O. The fourth-order valence-electron chi connectivity index (χ4n) is 4.70. The highest BCUT2D eigenvalue weighted by atomic mass is 16.5. The molecule has 19 heavy (non-hydrogen) atoms. The van der Waals surface area contributed by atoms with Gasteiger partial charge >= 0.3 is 0 Å². The van der Waals surface area contributed by atoms with Crippen molar-refractivity contribution in [2.24, 2.45) is 23.7 Å². The van der Waals surface area contributed by atoms with Crippen molar-refractivity contribution in [3.8, 4) is 0 Å². The van der Waals surface area contributed by atoms with E-state index in [0.717, 1.165) is 18.8 Å². The third-order valence-corrected chi connectivity index (χ3v) is 5.46. The molecule has 0 saturated heterocycles. The zero-order valence-corrected chi connectivity index (χ0v) is 13.1. The van der Waals surface area contributed by atoms with Crippen molar-refractivity contribution in [1.29, 1.82) is 0 Å². The summed E-state index contributed by atoms with van der Waals surface area (Å²) in [6, 6.07) is 0. The smallest absolute Gasteiger partial charge is 0.0607 e. The van der Waals surface area contributed by atoms with Crippen molar-refractivity contribution in [3.05, 3.63) is 0 Å². The van der Waals surface area contributed by atoms with E-state index in [1.165, 1.54) is 25.7 Å². The first-order valence-corrected chi connectivity index (χ1v) is 8.38. The van der Waals surface area contributed by atoms with Gasteiger partial charge in [-0.05, 0) is 63.2 Å². The van der Waals surface area contributed by atoms with Crippen LogP contribution < -0.4 is 0 Å². The number of ether oxygens (including phenoxy) is 1. The maximum absolute atomic E-state index is 10.3. The Balaban J connectivity index is 2.09. The summed E-state index contributed by atoms with van der Waals surface area (Å²) in [7, 11) is 0. The molecule has 1 N–H and O–H groups in total. The maximum atomic E-state index is 10.3. The van der Waals surface area contributed by atoms with Crippen LogP contribution in [0.4, 0.5) is 0 Å². The van der Waals surface area contributed by atoms with E-state index in [9.17, 15) is 5.11 Å². The van der Waals surface area contributed by atoms with Crippen LogP contribution >= 0.6 is 0 Å². The number of aliphatic hydroxyl groups excluding tert-OH is 1. The first-order valence-electron chi connectivity index (χ1n) is 8.38.